The molecule has 4 rings (SSSR count). The van der Waals surface area contributed by atoms with E-state index in [9.17, 15) is 29.4 Å². The Hall–Kier alpha value is -2.60. The van der Waals surface area contributed by atoms with Crippen molar-refractivity contribution in [3.05, 3.63) is 58.4 Å². The molecule has 0 spiro atoms. The van der Waals surface area contributed by atoms with Crippen molar-refractivity contribution in [1.29, 1.82) is 0 Å². The average molecular weight is 549 g/mol. The van der Waals surface area contributed by atoms with Crippen LogP contribution >= 0.6 is 11.8 Å². The number of amides is 2. The van der Waals surface area contributed by atoms with Gasteiger partial charge in [0.25, 0.3) is 11.8 Å². The molecule has 0 bridgehead atoms. The maximum atomic E-state index is 13.4. The Morgan fingerprint density at radius 1 is 1.18 bits per heavy atom. The van der Waals surface area contributed by atoms with Crippen LogP contribution in [0.1, 0.15) is 64.5 Å². The molecule has 0 radical (unpaired) electrons. The van der Waals surface area contributed by atoms with Gasteiger partial charge in [-0.1, -0.05) is 30.3 Å². The van der Waals surface area contributed by atoms with E-state index >= 15 is 0 Å². The van der Waals surface area contributed by atoms with Gasteiger partial charge in [0.1, 0.15) is 17.1 Å². The number of fused-ring (bicyclic) bond motifs is 1. The number of aliphatic carboxylic acids is 1. The number of nitrogens with zero attached hydrogens (tertiary/aromatic N) is 3. The molecule has 1 unspecified atom stereocenters. The number of Topliss-reactive ketones (excluding diaryl/α,β-unsaturated/α-hetero) is 1. The molecule has 10 nitrogen and oxygen atoms in total. The standard InChI is InChI=1S/C26H30N4O6S.Na/c1-12-16(14(3)31)13(2)29(6)19(12)22(33)27-17(15-10-8-7-9-11-15)21(32)28-18-23(34)30-20(25(35)36)26(4,5)37-24(18)30;/h7-11,17-18,20,24H,1-6H3,(H,27,33)(H,28,32)(H,35,36);/q;+1/p-1/t17?,18-,20+,24-;/m1./s1. The number of hydrogen-bond donors (Lipinski definition) is 2. The fourth-order valence-electron chi connectivity index (χ4n) is 5.27. The third-order valence-corrected chi connectivity index (χ3v) is 8.62. The Morgan fingerprint density at radius 3 is 2.32 bits per heavy atom. The van der Waals surface area contributed by atoms with Crippen LogP contribution in [0.25, 0.3) is 0 Å². The summed E-state index contributed by atoms with van der Waals surface area (Å²) in [6.45, 7) is 8.35. The zero-order valence-electron chi connectivity index (χ0n) is 22.4. The van der Waals surface area contributed by atoms with E-state index in [1.807, 2.05) is 0 Å². The predicted octanol–water partition coefficient (Wildman–Crippen LogP) is -1.41. The van der Waals surface area contributed by atoms with E-state index in [1.165, 1.54) is 23.6 Å². The van der Waals surface area contributed by atoms with Crippen LogP contribution in [-0.4, -0.2) is 66.2 Å². The number of aromatic nitrogens is 1. The predicted molar refractivity (Wildman–Crippen MR) is 136 cm³/mol. The molecule has 3 heterocycles. The van der Waals surface area contributed by atoms with Crippen LogP contribution < -0.4 is 40.0 Å². The average Bonchev–Trinajstić information content (AvgIpc) is 3.22. The molecule has 0 saturated carbocycles. The van der Waals surface area contributed by atoms with Crippen LogP contribution in [0.15, 0.2) is 35.3 Å². The number of β-lactam (4-membered cyclic amide) rings is 1. The maximum absolute atomic E-state index is 13.4. The SMILES string of the molecule is CC(=O)c1c(C)c(C(=O)NC(C([O-])=N[C@@H]2C(=O)N3[C@@H]2SC(C)(C)[C@@H]3C(=O)O)c2ccccc2)n(C)c1C.[Na+]. The van der Waals surface area contributed by atoms with Gasteiger partial charge in [-0.3, -0.25) is 19.4 Å². The number of carboxylic acid groups (broad SMARTS) is 1. The third-order valence-electron chi connectivity index (χ3n) is 7.07. The van der Waals surface area contributed by atoms with E-state index in [1.54, 1.807) is 69.6 Å². The first kappa shape index (κ1) is 29.9. The molecule has 4 atom stereocenters. The molecule has 2 aliphatic rings. The smallest absolute Gasteiger partial charge is 0.860 e. The minimum atomic E-state index is -1.18. The Bertz CT molecular complexity index is 1340. The summed E-state index contributed by atoms with van der Waals surface area (Å²) < 4.78 is 0.866. The Labute approximate surface area is 247 Å². The first-order chi connectivity index (χ1) is 17.3. The van der Waals surface area contributed by atoms with E-state index in [0.717, 1.165) is 0 Å². The minimum Gasteiger partial charge on any atom is -0.860 e. The van der Waals surface area contributed by atoms with Crippen molar-refractivity contribution in [3.8, 4) is 0 Å². The Balaban J connectivity index is 0.00000400. The number of carbonyl (C=O) groups excluding carboxylic acids is 3. The summed E-state index contributed by atoms with van der Waals surface area (Å²) in [6, 6.07) is 5.32. The van der Waals surface area contributed by atoms with Gasteiger partial charge in [-0.15, -0.1) is 11.8 Å². The number of nitrogens with one attached hydrogen (secondary N) is 1. The van der Waals surface area contributed by atoms with E-state index in [2.05, 4.69) is 10.3 Å². The quantitative estimate of drug-likeness (QED) is 0.142. The molecule has 0 aliphatic carbocycles. The molecule has 2 saturated heterocycles. The summed E-state index contributed by atoms with van der Waals surface area (Å²) >= 11 is 1.29. The Kier molecular flexibility index (Phi) is 8.57. The molecular formula is C26H29N4NaO6S. The first-order valence-corrected chi connectivity index (χ1v) is 12.7. The number of thioether (sulfide) groups is 1. The molecule has 2 amide bonds. The summed E-state index contributed by atoms with van der Waals surface area (Å²) in [5, 5.41) is 25.2. The van der Waals surface area contributed by atoms with Gasteiger partial charge >= 0.3 is 35.5 Å². The molecule has 2 fully saturated rings. The van der Waals surface area contributed by atoms with Crippen LogP contribution in [-0.2, 0) is 16.6 Å². The van der Waals surface area contributed by atoms with Crippen molar-refractivity contribution in [2.45, 2.75) is 62.9 Å². The molecule has 2 aromatic rings. The van der Waals surface area contributed by atoms with Crippen LogP contribution in [0, 0.1) is 13.8 Å². The number of rotatable bonds is 7. The Morgan fingerprint density at radius 2 is 1.79 bits per heavy atom. The largest absolute Gasteiger partial charge is 1.00 e. The molecule has 2 N–H and O–H groups in total. The van der Waals surface area contributed by atoms with Gasteiger partial charge in [0, 0.05) is 23.1 Å². The number of benzene rings is 1. The van der Waals surface area contributed by atoms with Crippen molar-refractivity contribution in [1.82, 2.24) is 14.8 Å². The zero-order chi connectivity index (χ0) is 27.4. The van der Waals surface area contributed by atoms with Gasteiger partial charge in [0.05, 0.1) is 6.04 Å². The molecule has 196 valence electrons. The van der Waals surface area contributed by atoms with Gasteiger partial charge in [-0.25, -0.2) is 4.79 Å². The topological polar surface area (TPSA) is 144 Å². The summed E-state index contributed by atoms with van der Waals surface area (Å²) in [7, 11) is 1.67. The van der Waals surface area contributed by atoms with E-state index in [0.29, 0.717) is 22.4 Å². The van der Waals surface area contributed by atoms with Gasteiger partial charge in [-0.2, -0.15) is 0 Å². The number of ketones is 1. The van der Waals surface area contributed by atoms with E-state index < -0.39 is 51.9 Å². The number of hydrogen-bond acceptors (Lipinski definition) is 7. The first-order valence-electron chi connectivity index (χ1n) is 11.8. The zero-order valence-corrected chi connectivity index (χ0v) is 25.3. The van der Waals surface area contributed by atoms with Crippen LogP contribution in [0.4, 0.5) is 0 Å². The molecule has 12 heteroatoms. The van der Waals surface area contributed by atoms with E-state index in [-0.39, 0.29) is 41.0 Å². The van der Waals surface area contributed by atoms with Crippen molar-refractivity contribution in [2.75, 3.05) is 0 Å². The second-order valence-electron chi connectivity index (χ2n) is 9.88. The molecule has 1 aromatic carbocycles. The summed E-state index contributed by atoms with van der Waals surface area (Å²) in [5.74, 6) is -3.07. The van der Waals surface area contributed by atoms with Crippen molar-refractivity contribution < 1.29 is 58.9 Å². The normalized spacial score (nSPS) is 22.7. The van der Waals surface area contributed by atoms with Gasteiger partial charge in [-0.05, 0) is 51.6 Å². The van der Waals surface area contributed by atoms with E-state index in [4.69, 9.17) is 0 Å². The second-order valence-corrected chi connectivity index (χ2v) is 11.6. The number of carbonyl (C=O) groups is 4. The van der Waals surface area contributed by atoms with Crippen molar-refractivity contribution >= 4 is 41.2 Å². The number of aliphatic imine (C=N–C) groups is 1. The van der Waals surface area contributed by atoms with Crippen molar-refractivity contribution in [2.24, 2.45) is 12.0 Å². The summed E-state index contributed by atoms with van der Waals surface area (Å²) in [5.41, 5.74) is 2.33. The number of carboxylic acids is 1. The van der Waals surface area contributed by atoms with Crippen molar-refractivity contribution in [3.63, 3.8) is 0 Å². The summed E-state index contributed by atoms with van der Waals surface area (Å²) in [6.07, 6.45) is 0. The van der Waals surface area contributed by atoms with Gasteiger partial charge in [0.15, 0.2) is 11.8 Å². The van der Waals surface area contributed by atoms with Gasteiger partial charge in [0.2, 0.25) is 0 Å². The minimum absolute atomic E-state index is 0. The third kappa shape index (κ3) is 4.92. The summed E-state index contributed by atoms with van der Waals surface area (Å²) in [4.78, 5) is 55.6. The molecule has 38 heavy (non-hydrogen) atoms. The maximum Gasteiger partial charge on any atom is 1.00 e. The fourth-order valence-corrected chi connectivity index (χ4v) is 6.88. The van der Waals surface area contributed by atoms with Crippen LogP contribution in [0.2, 0.25) is 0 Å². The van der Waals surface area contributed by atoms with Gasteiger partial charge < -0.3 is 25.0 Å². The fraction of sp³-hybridized carbons (Fsp3) is 0.423. The second kappa shape index (κ2) is 10.9. The molecule has 1 aromatic heterocycles. The monoisotopic (exact) mass is 548 g/mol. The van der Waals surface area contributed by atoms with Crippen LogP contribution in [0.5, 0.6) is 0 Å². The van der Waals surface area contributed by atoms with Crippen LogP contribution in [0.3, 0.4) is 0 Å². The molecular weight excluding hydrogens is 519 g/mol. The molecule has 2 aliphatic heterocycles.